The lowest BCUT2D eigenvalue weighted by Crippen LogP contribution is -2.45. The zero-order valence-electron chi connectivity index (χ0n) is 20.0. The molecule has 1 aliphatic heterocycles. The predicted octanol–water partition coefficient (Wildman–Crippen LogP) is 4.81. The van der Waals surface area contributed by atoms with E-state index in [1.165, 1.54) is 22.8 Å². The molecule has 1 fully saturated rings. The molecule has 176 valence electrons. The number of carboxylic acid groups (broad SMARTS) is 1. The zero-order chi connectivity index (χ0) is 24.2. The van der Waals surface area contributed by atoms with Gasteiger partial charge in [0.1, 0.15) is 11.4 Å². The molecule has 1 aromatic carbocycles. The van der Waals surface area contributed by atoms with Crippen molar-refractivity contribution in [2.75, 3.05) is 18.0 Å². The van der Waals surface area contributed by atoms with Crippen molar-refractivity contribution in [1.82, 2.24) is 9.88 Å². The van der Waals surface area contributed by atoms with Gasteiger partial charge in [0.25, 0.3) is 0 Å². The van der Waals surface area contributed by atoms with Crippen molar-refractivity contribution in [2.24, 2.45) is 0 Å². The molecular weight excluding hydrogens is 418 g/mol. The third-order valence-corrected chi connectivity index (χ3v) is 5.62. The minimum atomic E-state index is -1.02. The van der Waals surface area contributed by atoms with Crippen LogP contribution in [0.15, 0.2) is 42.6 Å². The Hall–Kier alpha value is -3.19. The first-order chi connectivity index (χ1) is 15.5. The van der Waals surface area contributed by atoms with Gasteiger partial charge < -0.3 is 9.84 Å². The Labute approximate surface area is 195 Å². The van der Waals surface area contributed by atoms with Gasteiger partial charge in [0.2, 0.25) is 0 Å². The quantitative estimate of drug-likeness (QED) is 0.635. The van der Waals surface area contributed by atoms with Crippen LogP contribution in [-0.4, -0.2) is 51.8 Å². The molecule has 2 heterocycles. The molecule has 2 aromatic rings. The smallest absolute Gasteiger partial charge is 0.416 e. The maximum atomic E-state index is 13.1. The van der Waals surface area contributed by atoms with Gasteiger partial charge in [-0.3, -0.25) is 9.80 Å². The number of aliphatic carboxylic acids is 1. The molecule has 1 N–H and O–H groups in total. The van der Waals surface area contributed by atoms with Crippen molar-refractivity contribution in [1.29, 1.82) is 0 Å². The molecule has 33 heavy (non-hydrogen) atoms. The summed E-state index contributed by atoms with van der Waals surface area (Å²) in [4.78, 5) is 32.3. The van der Waals surface area contributed by atoms with Gasteiger partial charge in [-0.25, -0.2) is 14.6 Å². The molecule has 0 spiro atoms. The first-order valence-electron chi connectivity index (χ1n) is 11.2. The number of anilines is 1. The third kappa shape index (κ3) is 6.89. The van der Waals surface area contributed by atoms with Gasteiger partial charge >= 0.3 is 12.1 Å². The monoisotopic (exact) mass is 451 g/mol. The van der Waals surface area contributed by atoms with E-state index in [2.05, 4.69) is 41.9 Å². The number of rotatable bonds is 6. The van der Waals surface area contributed by atoms with Gasteiger partial charge in [0, 0.05) is 31.9 Å². The molecule has 0 unspecified atom stereocenters. The van der Waals surface area contributed by atoms with Crippen LogP contribution in [0.25, 0.3) is 6.08 Å². The van der Waals surface area contributed by atoms with Crippen molar-refractivity contribution in [3.63, 3.8) is 0 Å². The van der Waals surface area contributed by atoms with E-state index in [0.717, 1.165) is 25.6 Å². The molecule has 1 amide bonds. The number of hydrogen-bond acceptors (Lipinski definition) is 5. The number of likely N-dealkylation sites (tertiary alicyclic amines) is 1. The van der Waals surface area contributed by atoms with Crippen LogP contribution in [0.1, 0.15) is 49.4 Å². The molecule has 0 radical (unpaired) electrons. The maximum Gasteiger partial charge on any atom is 0.416 e. The minimum Gasteiger partial charge on any atom is -0.478 e. The number of carboxylic acids is 1. The second-order valence-electron chi connectivity index (χ2n) is 9.57. The fraction of sp³-hybridized carbons (Fsp3) is 0.423. The van der Waals surface area contributed by atoms with Gasteiger partial charge in [-0.1, -0.05) is 18.2 Å². The first-order valence-corrected chi connectivity index (χ1v) is 11.2. The fourth-order valence-corrected chi connectivity index (χ4v) is 3.87. The summed E-state index contributed by atoms with van der Waals surface area (Å²) < 4.78 is 5.70. The molecule has 1 saturated heterocycles. The highest BCUT2D eigenvalue weighted by atomic mass is 16.6. The average Bonchev–Trinajstić information content (AvgIpc) is 3.16. The average molecular weight is 452 g/mol. The van der Waals surface area contributed by atoms with Crippen LogP contribution in [0.2, 0.25) is 0 Å². The Bertz CT molecular complexity index is 1020. The number of pyridine rings is 1. The lowest BCUT2D eigenvalue weighted by Gasteiger charge is -2.31. The van der Waals surface area contributed by atoms with E-state index in [4.69, 9.17) is 9.84 Å². The second kappa shape index (κ2) is 10.2. The number of ether oxygens (including phenoxy) is 1. The van der Waals surface area contributed by atoms with E-state index in [1.807, 2.05) is 20.8 Å². The zero-order valence-corrected chi connectivity index (χ0v) is 20.0. The number of benzene rings is 1. The third-order valence-electron chi connectivity index (χ3n) is 5.62. The highest BCUT2D eigenvalue weighted by molar-refractivity contribution is 5.88. The number of carbonyl (C=O) groups excluding carboxylic acids is 1. The summed E-state index contributed by atoms with van der Waals surface area (Å²) in [6.07, 6.45) is 4.48. The van der Waals surface area contributed by atoms with Gasteiger partial charge in [-0.2, -0.15) is 0 Å². The van der Waals surface area contributed by atoms with Crippen molar-refractivity contribution < 1.29 is 19.4 Å². The lowest BCUT2D eigenvalue weighted by atomic mass is 10.1. The number of aromatic nitrogens is 1. The highest BCUT2D eigenvalue weighted by Gasteiger charge is 2.35. The number of hydrogen-bond donors (Lipinski definition) is 1. The molecule has 7 heteroatoms. The normalized spacial score (nSPS) is 16.8. The van der Waals surface area contributed by atoms with Crippen molar-refractivity contribution in [2.45, 2.75) is 59.2 Å². The van der Waals surface area contributed by atoms with Gasteiger partial charge in [-0.05, 0) is 81.5 Å². The van der Waals surface area contributed by atoms with Crippen LogP contribution >= 0.6 is 0 Å². The summed E-state index contributed by atoms with van der Waals surface area (Å²) in [6.45, 7) is 12.2. The second-order valence-corrected chi connectivity index (χ2v) is 9.57. The molecule has 0 saturated carbocycles. The van der Waals surface area contributed by atoms with E-state index in [0.29, 0.717) is 17.9 Å². The molecule has 0 bridgehead atoms. The minimum absolute atomic E-state index is 0.0701. The topological polar surface area (TPSA) is 83.0 Å². The molecular formula is C26H33N3O4. The number of aryl methyl sites for hydroxylation is 2. The largest absolute Gasteiger partial charge is 0.478 e. The van der Waals surface area contributed by atoms with Crippen LogP contribution in [-0.2, 0) is 16.1 Å². The van der Waals surface area contributed by atoms with Crippen LogP contribution < -0.4 is 4.90 Å². The Morgan fingerprint density at radius 1 is 1.21 bits per heavy atom. The van der Waals surface area contributed by atoms with Crippen molar-refractivity contribution in [3.8, 4) is 0 Å². The first kappa shape index (κ1) is 24.5. The van der Waals surface area contributed by atoms with Crippen LogP contribution in [0.3, 0.4) is 0 Å². The summed E-state index contributed by atoms with van der Waals surface area (Å²) >= 11 is 0. The Kier molecular flexibility index (Phi) is 7.53. The summed E-state index contributed by atoms with van der Waals surface area (Å²) in [7, 11) is 0. The summed E-state index contributed by atoms with van der Waals surface area (Å²) in [5.74, 6) is -0.529. The predicted molar refractivity (Wildman–Crippen MR) is 129 cm³/mol. The lowest BCUT2D eigenvalue weighted by molar-refractivity contribution is -0.131. The van der Waals surface area contributed by atoms with Gasteiger partial charge in [0.15, 0.2) is 0 Å². The van der Waals surface area contributed by atoms with E-state index in [-0.39, 0.29) is 6.04 Å². The van der Waals surface area contributed by atoms with Gasteiger partial charge in [0.05, 0.1) is 6.04 Å². The molecule has 1 atom stereocenters. The molecule has 1 aliphatic rings. The van der Waals surface area contributed by atoms with E-state index < -0.39 is 17.7 Å². The fourth-order valence-electron chi connectivity index (χ4n) is 3.87. The number of nitrogens with zero attached hydrogens (tertiary/aromatic N) is 3. The Balaban J connectivity index is 1.79. The number of amides is 1. The summed E-state index contributed by atoms with van der Waals surface area (Å²) in [6, 6.07) is 9.94. The standard InChI is InChI=1S/C26H33N3O4/c1-18-6-7-21(14-19(18)2)16-28-13-12-22(17-28)29(25(32)33-26(3,4)5)23-10-8-20(15-27-23)9-11-24(30)31/h6-11,14-15,22H,12-13,16-17H2,1-5H3,(H,30,31)/b11-9+/t22-/m1/s1. The Morgan fingerprint density at radius 2 is 1.97 bits per heavy atom. The molecule has 7 nitrogen and oxygen atoms in total. The van der Waals surface area contributed by atoms with Crippen LogP contribution in [0.4, 0.5) is 10.6 Å². The molecule has 3 rings (SSSR count). The number of carbonyl (C=O) groups is 2. The SMILES string of the molecule is Cc1ccc(CN2CC[C@@H](N(C(=O)OC(C)(C)C)c3ccc(/C=C/C(=O)O)cn3)C2)cc1C. The highest BCUT2D eigenvalue weighted by Crippen LogP contribution is 2.26. The van der Waals surface area contributed by atoms with E-state index in [9.17, 15) is 9.59 Å². The van der Waals surface area contributed by atoms with E-state index >= 15 is 0 Å². The molecule has 1 aromatic heterocycles. The van der Waals surface area contributed by atoms with Crippen LogP contribution in [0, 0.1) is 13.8 Å². The van der Waals surface area contributed by atoms with Crippen molar-refractivity contribution in [3.05, 3.63) is 64.9 Å². The Morgan fingerprint density at radius 3 is 2.58 bits per heavy atom. The maximum absolute atomic E-state index is 13.1. The van der Waals surface area contributed by atoms with Gasteiger partial charge in [-0.15, -0.1) is 0 Å². The van der Waals surface area contributed by atoms with E-state index in [1.54, 1.807) is 23.2 Å². The molecule has 0 aliphatic carbocycles. The van der Waals surface area contributed by atoms with Crippen LogP contribution in [0.5, 0.6) is 0 Å². The van der Waals surface area contributed by atoms with Crippen molar-refractivity contribution >= 4 is 24.0 Å². The summed E-state index contributed by atoms with van der Waals surface area (Å²) in [5.41, 5.74) is 3.84. The summed E-state index contributed by atoms with van der Waals surface area (Å²) in [5, 5.41) is 8.82.